The van der Waals surface area contributed by atoms with Gasteiger partial charge in [-0.3, -0.25) is 14.2 Å². The van der Waals surface area contributed by atoms with Crippen LogP contribution in [0.1, 0.15) is 21.7 Å². The molecule has 0 aliphatic heterocycles. The van der Waals surface area contributed by atoms with E-state index in [1.54, 1.807) is 37.3 Å². The van der Waals surface area contributed by atoms with E-state index in [4.69, 9.17) is 0 Å². The van der Waals surface area contributed by atoms with E-state index in [0.717, 1.165) is 14.8 Å². The molecule has 0 spiro atoms. The van der Waals surface area contributed by atoms with Crippen LogP contribution in [0.3, 0.4) is 0 Å². The van der Waals surface area contributed by atoms with Crippen molar-refractivity contribution in [1.29, 1.82) is 0 Å². The summed E-state index contributed by atoms with van der Waals surface area (Å²) >= 11 is 0. The average Bonchev–Trinajstić information content (AvgIpc) is 2.61. The van der Waals surface area contributed by atoms with E-state index in [2.05, 4.69) is 15.4 Å². The van der Waals surface area contributed by atoms with Gasteiger partial charge in [0.15, 0.2) is 0 Å². The largest absolute Gasteiger partial charge is 0.351 e. The number of hydrogen-bond donors (Lipinski definition) is 1. The minimum Gasteiger partial charge on any atom is -0.305 e. The molecule has 8 heteroatoms. The van der Waals surface area contributed by atoms with Crippen LogP contribution in [-0.2, 0) is 7.05 Å². The first-order valence-corrected chi connectivity index (χ1v) is 7.89. The van der Waals surface area contributed by atoms with E-state index in [9.17, 15) is 14.4 Å². The molecular formula is C18H17N5O3. The summed E-state index contributed by atoms with van der Waals surface area (Å²) in [7, 11) is 1.30. The summed E-state index contributed by atoms with van der Waals surface area (Å²) in [6, 6.07) is 12.1. The van der Waals surface area contributed by atoms with Crippen LogP contribution in [0.4, 0.5) is 5.82 Å². The van der Waals surface area contributed by atoms with Crippen molar-refractivity contribution in [2.75, 3.05) is 5.32 Å². The summed E-state index contributed by atoms with van der Waals surface area (Å²) in [4.78, 5) is 41.4. The molecular weight excluding hydrogens is 334 g/mol. The Morgan fingerprint density at radius 2 is 1.73 bits per heavy atom. The highest BCUT2D eigenvalue weighted by atomic mass is 16.2. The molecule has 1 N–H and O–H groups in total. The number of aromatic nitrogens is 4. The van der Waals surface area contributed by atoms with Crippen LogP contribution in [-0.4, -0.2) is 25.2 Å². The minimum absolute atomic E-state index is 0.298. The Labute approximate surface area is 148 Å². The second-order valence-corrected chi connectivity index (χ2v) is 5.86. The molecule has 1 aromatic carbocycles. The highest BCUT2D eigenvalue weighted by molar-refractivity contribution is 6.01. The fourth-order valence-electron chi connectivity index (χ4n) is 2.36. The molecule has 2 heterocycles. The lowest BCUT2D eigenvalue weighted by molar-refractivity contribution is 0.101. The Kier molecular flexibility index (Phi) is 4.49. The van der Waals surface area contributed by atoms with Crippen molar-refractivity contribution >= 4 is 11.7 Å². The van der Waals surface area contributed by atoms with Gasteiger partial charge < -0.3 is 5.32 Å². The number of nitrogens with zero attached hydrogens (tertiary/aromatic N) is 4. The quantitative estimate of drug-likeness (QED) is 0.764. The average molecular weight is 351 g/mol. The maximum Gasteiger partial charge on any atom is 0.351 e. The third-order valence-electron chi connectivity index (χ3n) is 3.80. The Morgan fingerprint density at radius 1 is 1.04 bits per heavy atom. The molecule has 132 valence electrons. The zero-order valence-electron chi connectivity index (χ0n) is 14.6. The first-order chi connectivity index (χ1) is 12.4. The molecule has 2 aromatic heterocycles. The van der Waals surface area contributed by atoms with Crippen LogP contribution < -0.4 is 16.6 Å². The molecule has 26 heavy (non-hydrogen) atoms. The van der Waals surface area contributed by atoms with Gasteiger partial charge in [0.2, 0.25) is 5.69 Å². The summed E-state index contributed by atoms with van der Waals surface area (Å²) in [5, 5.41) is 6.52. The van der Waals surface area contributed by atoms with Crippen LogP contribution in [0.5, 0.6) is 0 Å². The summed E-state index contributed by atoms with van der Waals surface area (Å²) in [5.74, 6) is -0.434. The summed E-state index contributed by atoms with van der Waals surface area (Å²) < 4.78 is 1.88. The number of rotatable bonds is 3. The molecule has 3 aromatic rings. The van der Waals surface area contributed by atoms with Crippen molar-refractivity contribution in [3.8, 4) is 5.69 Å². The molecule has 0 unspecified atom stereocenters. The van der Waals surface area contributed by atoms with Gasteiger partial charge >= 0.3 is 5.69 Å². The smallest absolute Gasteiger partial charge is 0.305 e. The van der Waals surface area contributed by atoms with Crippen molar-refractivity contribution < 1.29 is 4.79 Å². The number of anilines is 1. The van der Waals surface area contributed by atoms with Gasteiger partial charge in [-0.15, -0.1) is 0 Å². The monoisotopic (exact) mass is 351 g/mol. The highest BCUT2D eigenvalue weighted by Crippen LogP contribution is 2.07. The van der Waals surface area contributed by atoms with Gasteiger partial charge in [0.1, 0.15) is 5.82 Å². The van der Waals surface area contributed by atoms with Crippen molar-refractivity contribution in [2.45, 2.75) is 13.8 Å². The van der Waals surface area contributed by atoms with Crippen molar-refractivity contribution in [1.82, 2.24) is 19.3 Å². The van der Waals surface area contributed by atoms with Crippen LogP contribution in [0.15, 0.2) is 52.1 Å². The molecule has 0 fully saturated rings. The minimum atomic E-state index is -0.775. The summed E-state index contributed by atoms with van der Waals surface area (Å²) in [6.07, 6.45) is 0. The van der Waals surface area contributed by atoms with E-state index < -0.39 is 22.9 Å². The maximum atomic E-state index is 12.5. The lowest BCUT2D eigenvalue weighted by Gasteiger charge is -2.10. The number of aryl methyl sites for hydroxylation is 2. The normalized spacial score (nSPS) is 10.6. The topological polar surface area (TPSA) is 98.9 Å². The Balaban J connectivity index is 2.07. The third-order valence-corrected chi connectivity index (χ3v) is 3.80. The molecule has 8 nitrogen and oxygen atoms in total. The number of pyridine rings is 1. The van der Waals surface area contributed by atoms with E-state index in [1.807, 2.05) is 19.1 Å². The predicted molar refractivity (Wildman–Crippen MR) is 96.7 cm³/mol. The fourth-order valence-corrected chi connectivity index (χ4v) is 2.36. The van der Waals surface area contributed by atoms with Gasteiger partial charge in [-0.1, -0.05) is 23.8 Å². The van der Waals surface area contributed by atoms with Crippen molar-refractivity contribution in [2.24, 2.45) is 7.05 Å². The van der Waals surface area contributed by atoms with E-state index in [1.165, 1.54) is 7.05 Å². The Morgan fingerprint density at radius 3 is 2.38 bits per heavy atom. The lowest BCUT2D eigenvalue weighted by atomic mass is 10.2. The van der Waals surface area contributed by atoms with Crippen molar-refractivity contribution in [3.05, 3.63) is 80.3 Å². The van der Waals surface area contributed by atoms with Crippen LogP contribution in [0.25, 0.3) is 5.69 Å². The molecule has 0 aliphatic carbocycles. The van der Waals surface area contributed by atoms with Gasteiger partial charge in [0, 0.05) is 12.7 Å². The molecule has 0 aliphatic rings. The number of hydrogen-bond acceptors (Lipinski definition) is 5. The molecule has 0 saturated carbocycles. The Hall–Kier alpha value is -3.55. The van der Waals surface area contributed by atoms with Crippen LogP contribution in [0, 0.1) is 13.8 Å². The summed E-state index contributed by atoms with van der Waals surface area (Å²) in [5.41, 5.74) is 0.380. The van der Waals surface area contributed by atoms with Crippen LogP contribution >= 0.6 is 0 Å². The number of amides is 1. The lowest BCUT2D eigenvalue weighted by Crippen LogP contribution is -2.43. The zero-order chi connectivity index (χ0) is 18.8. The van der Waals surface area contributed by atoms with Gasteiger partial charge in [-0.2, -0.15) is 9.78 Å². The maximum absolute atomic E-state index is 12.5. The standard InChI is InChI=1S/C18H17N5O3/c1-11-7-9-13(10-8-11)23-18(26)22(3)17(25)15(21-23)16(24)20-14-6-4-5-12(2)19-14/h4-10H,1-3H3,(H,19,20,24). The third kappa shape index (κ3) is 3.30. The second-order valence-electron chi connectivity index (χ2n) is 5.86. The fraction of sp³-hybridized carbons (Fsp3) is 0.167. The van der Waals surface area contributed by atoms with Gasteiger partial charge in [-0.05, 0) is 38.1 Å². The first-order valence-electron chi connectivity index (χ1n) is 7.89. The zero-order valence-corrected chi connectivity index (χ0v) is 14.6. The molecule has 0 saturated heterocycles. The van der Waals surface area contributed by atoms with E-state index >= 15 is 0 Å². The van der Waals surface area contributed by atoms with E-state index in [0.29, 0.717) is 17.2 Å². The molecule has 0 atom stereocenters. The van der Waals surface area contributed by atoms with Gasteiger partial charge in [0.25, 0.3) is 11.5 Å². The van der Waals surface area contributed by atoms with Gasteiger partial charge in [0.05, 0.1) is 5.69 Å². The van der Waals surface area contributed by atoms with Gasteiger partial charge in [-0.25, -0.2) is 9.78 Å². The SMILES string of the molecule is Cc1ccc(-n2nc(C(=O)Nc3cccc(C)n3)c(=O)n(C)c2=O)cc1. The number of carbonyl (C=O) groups excluding carboxylic acids is 1. The second kappa shape index (κ2) is 6.75. The first kappa shape index (κ1) is 17.3. The number of carbonyl (C=O) groups is 1. The number of nitrogens with one attached hydrogen (secondary N) is 1. The van der Waals surface area contributed by atoms with Crippen LogP contribution in [0.2, 0.25) is 0 Å². The van der Waals surface area contributed by atoms with Crippen molar-refractivity contribution in [3.63, 3.8) is 0 Å². The highest BCUT2D eigenvalue weighted by Gasteiger charge is 2.19. The predicted octanol–water partition coefficient (Wildman–Crippen LogP) is 1.20. The summed E-state index contributed by atoms with van der Waals surface area (Å²) in [6.45, 7) is 3.69. The molecule has 0 bridgehead atoms. The number of benzene rings is 1. The molecule has 1 amide bonds. The molecule has 3 rings (SSSR count). The van der Waals surface area contributed by atoms with E-state index in [-0.39, 0.29) is 0 Å². The molecule has 0 radical (unpaired) electrons. The Bertz CT molecular complexity index is 1100.